The number of carbonyl (C=O) groups excluding carboxylic acids is 1. The SMILES string of the molecule is C=C/C(C=O)=C(\C=C)CNC. The predicted molar refractivity (Wildman–Crippen MR) is 47.4 cm³/mol. The Bertz CT molecular complexity index is 182. The minimum Gasteiger partial charge on any atom is -0.316 e. The number of hydrogen-bond acceptors (Lipinski definition) is 2. The lowest BCUT2D eigenvalue weighted by atomic mass is 10.1. The van der Waals surface area contributed by atoms with E-state index in [1.807, 2.05) is 7.05 Å². The van der Waals surface area contributed by atoms with Gasteiger partial charge in [0.2, 0.25) is 0 Å². The molecule has 0 unspecified atom stereocenters. The van der Waals surface area contributed by atoms with Crippen LogP contribution >= 0.6 is 0 Å². The van der Waals surface area contributed by atoms with Crippen LogP contribution in [0.25, 0.3) is 0 Å². The summed E-state index contributed by atoms with van der Waals surface area (Å²) < 4.78 is 0. The highest BCUT2D eigenvalue weighted by Gasteiger charge is 1.96. The lowest BCUT2D eigenvalue weighted by Crippen LogP contribution is -2.10. The lowest BCUT2D eigenvalue weighted by molar-refractivity contribution is -0.104. The molecule has 0 fully saturated rings. The van der Waals surface area contributed by atoms with Gasteiger partial charge in [-0.2, -0.15) is 0 Å². The van der Waals surface area contributed by atoms with Gasteiger partial charge in [0.1, 0.15) is 6.29 Å². The van der Waals surface area contributed by atoms with E-state index in [0.717, 1.165) is 11.9 Å². The molecule has 0 heterocycles. The first-order valence-corrected chi connectivity index (χ1v) is 3.38. The van der Waals surface area contributed by atoms with Gasteiger partial charge < -0.3 is 5.32 Å². The van der Waals surface area contributed by atoms with Crippen molar-refractivity contribution in [1.82, 2.24) is 5.32 Å². The van der Waals surface area contributed by atoms with Gasteiger partial charge in [-0.25, -0.2) is 0 Å². The third-order valence-electron chi connectivity index (χ3n) is 1.33. The van der Waals surface area contributed by atoms with Crippen LogP contribution in [0.15, 0.2) is 36.5 Å². The second-order valence-electron chi connectivity index (χ2n) is 2.04. The molecule has 0 bridgehead atoms. The van der Waals surface area contributed by atoms with Crippen LogP contribution in [0.2, 0.25) is 0 Å². The third kappa shape index (κ3) is 2.96. The zero-order chi connectivity index (χ0) is 8.69. The smallest absolute Gasteiger partial charge is 0.150 e. The fourth-order valence-electron chi connectivity index (χ4n) is 0.737. The van der Waals surface area contributed by atoms with E-state index in [0.29, 0.717) is 12.1 Å². The molecule has 0 aliphatic carbocycles. The maximum atomic E-state index is 10.4. The van der Waals surface area contributed by atoms with Crippen LogP contribution in [0.5, 0.6) is 0 Å². The van der Waals surface area contributed by atoms with Crippen molar-refractivity contribution in [3.05, 3.63) is 36.5 Å². The first-order chi connectivity index (χ1) is 5.29. The summed E-state index contributed by atoms with van der Waals surface area (Å²) in [4.78, 5) is 10.4. The van der Waals surface area contributed by atoms with Gasteiger partial charge >= 0.3 is 0 Å². The van der Waals surface area contributed by atoms with E-state index in [9.17, 15) is 4.79 Å². The van der Waals surface area contributed by atoms with Crippen LogP contribution in [0.3, 0.4) is 0 Å². The largest absolute Gasteiger partial charge is 0.316 e. The molecule has 0 atom stereocenters. The molecule has 0 saturated carbocycles. The minimum atomic E-state index is 0.592. The lowest BCUT2D eigenvalue weighted by Gasteiger charge is -2.01. The van der Waals surface area contributed by atoms with Crippen LogP contribution in [0.1, 0.15) is 0 Å². The summed E-state index contributed by atoms with van der Waals surface area (Å²) in [5.74, 6) is 0. The summed E-state index contributed by atoms with van der Waals surface area (Å²) in [5, 5.41) is 2.93. The summed E-state index contributed by atoms with van der Waals surface area (Å²) >= 11 is 0. The molecule has 11 heavy (non-hydrogen) atoms. The Hall–Kier alpha value is -1.15. The molecule has 0 aliphatic heterocycles. The molecule has 0 aromatic carbocycles. The average Bonchev–Trinajstić information content (AvgIpc) is 2.05. The van der Waals surface area contributed by atoms with Crippen molar-refractivity contribution < 1.29 is 4.79 Å². The van der Waals surface area contributed by atoms with Crippen molar-refractivity contribution in [2.24, 2.45) is 0 Å². The number of carbonyl (C=O) groups is 1. The topological polar surface area (TPSA) is 29.1 Å². The number of aldehydes is 1. The van der Waals surface area contributed by atoms with E-state index in [4.69, 9.17) is 0 Å². The summed E-state index contributed by atoms with van der Waals surface area (Å²) in [6.07, 6.45) is 3.96. The maximum Gasteiger partial charge on any atom is 0.150 e. The molecule has 0 aliphatic rings. The summed E-state index contributed by atoms with van der Waals surface area (Å²) in [6, 6.07) is 0. The molecule has 0 radical (unpaired) electrons. The summed E-state index contributed by atoms with van der Waals surface area (Å²) in [6.45, 7) is 7.75. The van der Waals surface area contributed by atoms with Crippen molar-refractivity contribution in [3.63, 3.8) is 0 Å². The highest BCUT2D eigenvalue weighted by molar-refractivity contribution is 5.79. The highest BCUT2D eigenvalue weighted by atomic mass is 16.1. The van der Waals surface area contributed by atoms with Gasteiger partial charge in [0.15, 0.2) is 0 Å². The highest BCUT2D eigenvalue weighted by Crippen LogP contribution is 2.02. The predicted octanol–water partition coefficient (Wildman–Crippen LogP) is 1.07. The van der Waals surface area contributed by atoms with E-state index in [1.165, 1.54) is 6.08 Å². The first kappa shape index (κ1) is 9.85. The van der Waals surface area contributed by atoms with Crippen LogP contribution in [-0.4, -0.2) is 19.9 Å². The van der Waals surface area contributed by atoms with Gasteiger partial charge in [0.25, 0.3) is 0 Å². The second-order valence-corrected chi connectivity index (χ2v) is 2.04. The van der Waals surface area contributed by atoms with E-state index in [2.05, 4.69) is 18.5 Å². The van der Waals surface area contributed by atoms with Gasteiger partial charge in [-0.05, 0) is 12.6 Å². The van der Waals surface area contributed by atoms with Crippen molar-refractivity contribution in [2.45, 2.75) is 0 Å². The molecule has 0 spiro atoms. The first-order valence-electron chi connectivity index (χ1n) is 3.38. The third-order valence-corrected chi connectivity index (χ3v) is 1.33. The second kappa shape index (κ2) is 5.62. The molecule has 0 aromatic rings. The van der Waals surface area contributed by atoms with Gasteiger partial charge in [-0.15, -0.1) is 0 Å². The Morgan fingerprint density at radius 3 is 2.36 bits per heavy atom. The molecular weight excluding hydrogens is 138 g/mol. The molecule has 1 N–H and O–H groups in total. The number of nitrogens with one attached hydrogen (secondary N) is 1. The standard InChI is InChI=1S/C9H13NO/c1-4-8(6-10-3)9(5-2)7-11/h4-5,7,10H,1-2,6H2,3H3/b9-8-. The number of rotatable bonds is 5. The average molecular weight is 151 g/mol. The van der Waals surface area contributed by atoms with Crippen molar-refractivity contribution in [2.75, 3.05) is 13.6 Å². The van der Waals surface area contributed by atoms with Crippen LogP contribution in [0.4, 0.5) is 0 Å². The Balaban J connectivity index is 4.60. The molecule has 0 amide bonds. The molecule has 0 rings (SSSR count). The molecule has 0 aromatic heterocycles. The Morgan fingerprint density at radius 1 is 1.45 bits per heavy atom. The molecular formula is C9H13NO. The van der Waals surface area contributed by atoms with Gasteiger partial charge in [0, 0.05) is 12.1 Å². The fourth-order valence-corrected chi connectivity index (χ4v) is 0.737. The summed E-state index contributed by atoms with van der Waals surface area (Å²) in [5.41, 5.74) is 1.46. The molecule has 60 valence electrons. The van der Waals surface area contributed by atoms with Crippen LogP contribution in [0, 0.1) is 0 Å². The minimum absolute atomic E-state index is 0.592. The maximum absolute atomic E-state index is 10.4. The zero-order valence-corrected chi connectivity index (χ0v) is 6.76. The van der Waals surface area contributed by atoms with Crippen LogP contribution in [-0.2, 0) is 4.79 Å². The number of hydrogen-bond donors (Lipinski definition) is 1. The van der Waals surface area contributed by atoms with Gasteiger partial charge in [-0.3, -0.25) is 4.79 Å². The fraction of sp³-hybridized carbons (Fsp3) is 0.222. The van der Waals surface area contributed by atoms with E-state index < -0.39 is 0 Å². The van der Waals surface area contributed by atoms with Gasteiger partial charge in [-0.1, -0.05) is 25.3 Å². The zero-order valence-electron chi connectivity index (χ0n) is 6.76. The summed E-state index contributed by atoms with van der Waals surface area (Å²) in [7, 11) is 1.81. The van der Waals surface area contributed by atoms with Gasteiger partial charge in [0.05, 0.1) is 0 Å². The quantitative estimate of drug-likeness (QED) is 0.362. The number of likely N-dealkylation sites (N-methyl/N-ethyl adjacent to an activating group) is 1. The molecule has 0 saturated heterocycles. The van der Waals surface area contributed by atoms with E-state index in [1.54, 1.807) is 6.08 Å². The Kier molecular flexibility index (Phi) is 5.03. The Labute approximate surface area is 67.3 Å². The van der Waals surface area contributed by atoms with Crippen molar-refractivity contribution in [3.8, 4) is 0 Å². The van der Waals surface area contributed by atoms with E-state index in [-0.39, 0.29) is 0 Å². The van der Waals surface area contributed by atoms with Crippen LogP contribution < -0.4 is 5.32 Å². The van der Waals surface area contributed by atoms with Crippen molar-refractivity contribution >= 4 is 6.29 Å². The normalized spacial score (nSPS) is 11.7. The number of allylic oxidation sites excluding steroid dienone is 2. The monoisotopic (exact) mass is 151 g/mol. The van der Waals surface area contributed by atoms with Crippen molar-refractivity contribution in [1.29, 1.82) is 0 Å². The van der Waals surface area contributed by atoms with E-state index >= 15 is 0 Å². The molecule has 2 nitrogen and oxygen atoms in total. The molecule has 2 heteroatoms. The Morgan fingerprint density at radius 2 is 2.09 bits per heavy atom.